The van der Waals surface area contributed by atoms with Crippen LogP contribution >= 0.6 is 0 Å². The largest absolute Gasteiger partial charge is 0.452 e. The van der Waals surface area contributed by atoms with Crippen LogP contribution < -0.4 is 10.1 Å². The Bertz CT molecular complexity index is 1480. The van der Waals surface area contributed by atoms with Crippen molar-refractivity contribution in [2.75, 3.05) is 12.4 Å². The third kappa shape index (κ3) is 3.76. The summed E-state index contributed by atoms with van der Waals surface area (Å²) in [5.41, 5.74) is 1.24. The van der Waals surface area contributed by atoms with Gasteiger partial charge in [0, 0.05) is 30.1 Å². The molecule has 0 radical (unpaired) electrons. The average molecular weight is 465 g/mol. The predicted octanol–water partition coefficient (Wildman–Crippen LogP) is 4.29. The zero-order chi connectivity index (χ0) is 23.2. The van der Waals surface area contributed by atoms with Crippen molar-refractivity contribution < 1.29 is 18.1 Å². The molecule has 0 amide bonds. The minimum atomic E-state index is -3.82. The van der Waals surface area contributed by atoms with Crippen molar-refractivity contribution in [3.63, 3.8) is 0 Å². The van der Waals surface area contributed by atoms with Crippen LogP contribution in [-0.2, 0) is 10.0 Å². The molecule has 10 nitrogen and oxygen atoms in total. The Morgan fingerprint density at radius 1 is 1.09 bits per heavy atom. The van der Waals surface area contributed by atoms with Crippen LogP contribution in [0.25, 0.3) is 11.0 Å². The first-order valence-corrected chi connectivity index (χ1v) is 11.6. The number of hydrogen-bond donors (Lipinski definition) is 1. The first kappa shape index (κ1) is 20.9. The number of benzene rings is 1. The maximum Gasteiger partial charge on any atom is 0.387 e. The highest BCUT2D eigenvalue weighted by atomic mass is 32.2. The number of rotatable bonds is 7. The number of pyridine rings is 2. The highest BCUT2D eigenvalue weighted by molar-refractivity contribution is 7.90. The van der Waals surface area contributed by atoms with Crippen LogP contribution in [0.2, 0.25) is 0 Å². The summed E-state index contributed by atoms with van der Waals surface area (Å²) in [4.78, 5) is 18.9. The van der Waals surface area contributed by atoms with E-state index in [1.165, 1.54) is 22.4 Å². The zero-order valence-corrected chi connectivity index (χ0v) is 18.3. The molecule has 0 spiro atoms. The van der Waals surface area contributed by atoms with Gasteiger partial charge in [0.2, 0.25) is 0 Å². The fourth-order valence-corrected chi connectivity index (χ4v) is 5.27. The lowest BCUT2D eigenvalue weighted by Crippen LogP contribution is -2.15. The Kier molecular flexibility index (Phi) is 4.97. The number of aromatic nitrogens is 3. The van der Waals surface area contributed by atoms with Gasteiger partial charge in [-0.05, 0) is 47.0 Å². The van der Waals surface area contributed by atoms with Crippen molar-refractivity contribution in [1.29, 1.82) is 0 Å². The smallest absolute Gasteiger partial charge is 0.387 e. The monoisotopic (exact) mass is 465 g/mol. The molecule has 0 atom stereocenters. The lowest BCUT2D eigenvalue weighted by molar-refractivity contribution is -0.388. The van der Waals surface area contributed by atoms with E-state index in [1.54, 1.807) is 43.4 Å². The summed E-state index contributed by atoms with van der Waals surface area (Å²) in [6, 6.07) is 13.3. The van der Waals surface area contributed by atoms with E-state index < -0.39 is 14.9 Å². The van der Waals surface area contributed by atoms with E-state index in [0.29, 0.717) is 22.5 Å². The maximum atomic E-state index is 13.4. The van der Waals surface area contributed by atoms with E-state index in [2.05, 4.69) is 15.3 Å². The summed E-state index contributed by atoms with van der Waals surface area (Å²) >= 11 is 0. The van der Waals surface area contributed by atoms with Crippen molar-refractivity contribution in [3.8, 4) is 11.5 Å². The molecule has 0 aliphatic heterocycles. The highest BCUT2D eigenvalue weighted by Gasteiger charge is 2.33. The van der Waals surface area contributed by atoms with E-state index in [-0.39, 0.29) is 28.1 Å². The Balaban J connectivity index is 1.56. The first-order chi connectivity index (χ1) is 15.9. The Labute approximate surface area is 189 Å². The SMILES string of the molecule is CNc1cc(Oc2cnc3c(c2)cc(C2CC2)n3S(=O)(=O)c2ccccc2)cnc1[N+](=O)[O-]. The molecular formula is C22H19N5O5S. The van der Waals surface area contributed by atoms with Gasteiger partial charge in [-0.3, -0.25) is 0 Å². The number of ether oxygens (including phenoxy) is 1. The standard InChI is InChI=1S/C22H19N5O5S/c1-23-19-11-17(13-25-22(19)27(28)29)32-16-9-15-10-20(14-7-8-14)26(21(15)24-12-16)33(30,31)18-5-3-2-4-6-18/h2-6,9-14,23H,7-8H2,1H3. The molecule has 1 aliphatic rings. The van der Waals surface area contributed by atoms with E-state index >= 15 is 0 Å². The zero-order valence-electron chi connectivity index (χ0n) is 17.5. The van der Waals surface area contributed by atoms with Crippen molar-refractivity contribution >= 4 is 32.6 Å². The number of nitrogens with zero attached hydrogens (tertiary/aromatic N) is 4. The molecule has 168 valence electrons. The number of hydrogen-bond acceptors (Lipinski definition) is 8. The van der Waals surface area contributed by atoms with Gasteiger partial charge in [-0.15, -0.1) is 0 Å². The van der Waals surface area contributed by atoms with Gasteiger partial charge in [-0.1, -0.05) is 18.2 Å². The quantitative estimate of drug-likeness (QED) is 0.316. The fraction of sp³-hybridized carbons (Fsp3) is 0.182. The van der Waals surface area contributed by atoms with Crippen molar-refractivity contribution in [3.05, 3.63) is 76.7 Å². The molecule has 4 aromatic rings. The minimum Gasteiger partial charge on any atom is -0.452 e. The van der Waals surface area contributed by atoms with Gasteiger partial charge in [-0.25, -0.2) is 17.4 Å². The molecule has 1 aromatic carbocycles. The van der Waals surface area contributed by atoms with Crippen molar-refractivity contribution in [2.45, 2.75) is 23.7 Å². The van der Waals surface area contributed by atoms with Gasteiger partial charge in [0.1, 0.15) is 11.4 Å². The average Bonchev–Trinajstić information content (AvgIpc) is 3.59. The summed E-state index contributed by atoms with van der Waals surface area (Å²) in [6.07, 6.45) is 4.52. The molecule has 0 bridgehead atoms. The summed E-state index contributed by atoms with van der Waals surface area (Å²) in [5, 5.41) is 14.4. The van der Waals surface area contributed by atoms with Crippen molar-refractivity contribution in [1.82, 2.24) is 13.9 Å². The van der Waals surface area contributed by atoms with Crippen LogP contribution in [0.3, 0.4) is 0 Å². The number of fused-ring (bicyclic) bond motifs is 1. The summed E-state index contributed by atoms with van der Waals surface area (Å²) < 4.78 is 34.0. The van der Waals surface area contributed by atoms with E-state index in [9.17, 15) is 18.5 Å². The third-order valence-corrected chi connectivity index (χ3v) is 7.13. The number of anilines is 1. The molecule has 33 heavy (non-hydrogen) atoms. The summed E-state index contributed by atoms with van der Waals surface area (Å²) in [7, 11) is -2.27. The normalized spacial score (nSPS) is 13.7. The molecule has 5 rings (SSSR count). The minimum absolute atomic E-state index is 0.166. The van der Waals surface area contributed by atoms with Crippen LogP contribution in [0.1, 0.15) is 24.5 Å². The number of nitro groups is 1. The van der Waals surface area contributed by atoms with Gasteiger partial charge >= 0.3 is 5.82 Å². The number of nitrogens with one attached hydrogen (secondary N) is 1. The molecule has 3 heterocycles. The Hall–Kier alpha value is -3.99. The topological polar surface area (TPSA) is 129 Å². The van der Waals surface area contributed by atoms with E-state index in [1.807, 2.05) is 6.07 Å². The maximum absolute atomic E-state index is 13.4. The highest BCUT2D eigenvalue weighted by Crippen LogP contribution is 2.43. The molecular weight excluding hydrogens is 446 g/mol. The van der Waals surface area contributed by atoms with Crippen LogP contribution in [-0.4, -0.2) is 34.3 Å². The molecule has 1 aliphatic carbocycles. The van der Waals surface area contributed by atoms with Crippen LogP contribution in [0, 0.1) is 10.1 Å². The van der Waals surface area contributed by atoms with E-state index in [0.717, 1.165) is 12.8 Å². The second-order valence-corrected chi connectivity index (χ2v) is 9.45. The Morgan fingerprint density at radius 3 is 2.45 bits per heavy atom. The second-order valence-electron chi connectivity index (χ2n) is 7.66. The Morgan fingerprint density at radius 2 is 1.79 bits per heavy atom. The lowest BCUT2D eigenvalue weighted by Gasteiger charge is -2.11. The molecule has 0 unspecified atom stereocenters. The first-order valence-electron chi connectivity index (χ1n) is 10.2. The second kappa shape index (κ2) is 7.85. The van der Waals surface area contributed by atoms with Gasteiger partial charge in [0.05, 0.1) is 11.1 Å². The van der Waals surface area contributed by atoms with Crippen LogP contribution in [0.15, 0.2) is 65.8 Å². The van der Waals surface area contributed by atoms with Crippen molar-refractivity contribution in [2.24, 2.45) is 0 Å². The molecule has 1 saturated carbocycles. The van der Waals surface area contributed by atoms with Crippen LogP contribution in [0.5, 0.6) is 11.5 Å². The molecule has 1 fully saturated rings. The lowest BCUT2D eigenvalue weighted by atomic mass is 10.2. The molecule has 3 aromatic heterocycles. The summed E-state index contributed by atoms with van der Waals surface area (Å²) in [6.45, 7) is 0. The van der Waals surface area contributed by atoms with E-state index in [4.69, 9.17) is 4.74 Å². The molecule has 11 heteroatoms. The van der Waals surface area contributed by atoms with Gasteiger partial charge < -0.3 is 20.2 Å². The third-order valence-electron chi connectivity index (χ3n) is 5.40. The molecule has 1 N–H and O–H groups in total. The summed E-state index contributed by atoms with van der Waals surface area (Å²) in [5.74, 6) is 0.497. The fourth-order valence-electron chi connectivity index (χ4n) is 3.70. The van der Waals surface area contributed by atoms with Gasteiger partial charge in [0.15, 0.2) is 17.6 Å². The molecule has 0 saturated heterocycles. The van der Waals surface area contributed by atoms with Gasteiger partial charge in [-0.2, -0.15) is 0 Å². The van der Waals surface area contributed by atoms with Crippen LogP contribution in [0.4, 0.5) is 11.5 Å². The predicted molar refractivity (Wildman–Crippen MR) is 121 cm³/mol. The van der Waals surface area contributed by atoms with Gasteiger partial charge in [0.25, 0.3) is 10.0 Å².